The summed E-state index contributed by atoms with van der Waals surface area (Å²) in [5.74, 6) is 1.02. The first kappa shape index (κ1) is 11.9. The summed E-state index contributed by atoms with van der Waals surface area (Å²) in [5, 5.41) is 7.34. The topological polar surface area (TPSA) is 42.7 Å². The molecule has 0 amide bonds. The van der Waals surface area contributed by atoms with Crippen molar-refractivity contribution < 1.29 is 0 Å². The fraction of sp³-hybridized carbons (Fsp3) is 0.636. The lowest BCUT2D eigenvalue weighted by atomic mass is 9.86. The van der Waals surface area contributed by atoms with E-state index in [0.29, 0.717) is 0 Å². The van der Waals surface area contributed by atoms with E-state index in [2.05, 4.69) is 35.8 Å². The molecule has 0 aliphatic carbocycles. The summed E-state index contributed by atoms with van der Waals surface area (Å²) >= 11 is 0. The molecular weight excluding hydrogens is 188 g/mol. The third-order valence-electron chi connectivity index (χ3n) is 2.63. The largest absolute Gasteiger partial charge is 0.319 e. The third-order valence-corrected chi connectivity index (χ3v) is 2.63. The van der Waals surface area contributed by atoms with E-state index in [9.17, 15) is 0 Å². The second-order valence-electron chi connectivity index (χ2n) is 4.06. The zero-order valence-electron chi connectivity index (χ0n) is 9.82. The Kier molecular flexibility index (Phi) is 4.03. The lowest BCUT2D eigenvalue weighted by molar-refractivity contribution is 0.386. The van der Waals surface area contributed by atoms with Crippen LogP contribution in [0, 0.1) is 5.41 Å². The van der Waals surface area contributed by atoms with Gasteiger partial charge in [0.2, 0.25) is 0 Å². The first-order valence-electron chi connectivity index (χ1n) is 5.30. The van der Waals surface area contributed by atoms with E-state index < -0.39 is 0 Å². The van der Waals surface area contributed by atoms with Crippen LogP contribution < -0.4 is 5.32 Å². The highest BCUT2D eigenvalue weighted by Crippen LogP contribution is 2.21. The van der Waals surface area contributed by atoms with Crippen LogP contribution in [0.5, 0.6) is 0 Å². The van der Waals surface area contributed by atoms with E-state index in [0.717, 1.165) is 25.3 Å². The molecule has 15 heavy (non-hydrogen) atoms. The van der Waals surface area contributed by atoms with Crippen molar-refractivity contribution in [1.29, 1.82) is 0 Å². The quantitative estimate of drug-likeness (QED) is 0.715. The van der Waals surface area contributed by atoms with Crippen LogP contribution >= 0.6 is 0 Å². The summed E-state index contributed by atoms with van der Waals surface area (Å²) in [6.45, 7) is 9.89. The SMILES string of the molecule is C=CC(C)(CNC)Cc1ncnn1CC. The van der Waals surface area contributed by atoms with Gasteiger partial charge >= 0.3 is 0 Å². The molecule has 0 radical (unpaired) electrons. The second-order valence-corrected chi connectivity index (χ2v) is 4.06. The van der Waals surface area contributed by atoms with Crippen LogP contribution in [0.4, 0.5) is 0 Å². The van der Waals surface area contributed by atoms with Gasteiger partial charge < -0.3 is 5.32 Å². The molecule has 1 atom stereocenters. The van der Waals surface area contributed by atoms with Gasteiger partial charge in [0, 0.05) is 24.9 Å². The monoisotopic (exact) mass is 208 g/mol. The van der Waals surface area contributed by atoms with Crippen LogP contribution in [0.25, 0.3) is 0 Å². The molecule has 1 heterocycles. The minimum atomic E-state index is 0.0364. The maximum atomic E-state index is 4.28. The predicted octanol–water partition coefficient (Wildman–Crippen LogP) is 1.25. The highest BCUT2D eigenvalue weighted by Gasteiger charge is 2.22. The Balaban J connectivity index is 2.78. The van der Waals surface area contributed by atoms with Gasteiger partial charge in [0.05, 0.1) is 0 Å². The molecule has 0 saturated carbocycles. The van der Waals surface area contributed by atoms with Gasteiger partial charge in [0.15, 0.2) is 0 Å². The Labute approximate surface area is 91.4 Å². The average Bonchev–Trinajstić information content (AvgIpc) is 2.65. The number of rotatable bonds is 6. The summed E-state index contributed by atoms with van der Waals surface area (Å²) in [5.41, 5.74) is 0.0364. The van der Waals surface area contributed by atoms with Crippen LogP contribution in [0.1, 0.15) is 19.7 Å². The van der Waals surface area contributed by atoms with Crippen molar-refractivity contribution in [3.63, 3.8) is 0 Å². The molecule has 4 nitrogen and oxygen atoms in total. The number of aryl methyl sites for hydroxylation is 1. The highest BCUT2D eigenvalue weighted by atomic mass is 15.3. The molecule has 0 aliphatic heterocycles. The smallest absolute Gasteiger partial charge is 0.138 e. The molecule has 1 unspecified atom stereocenters. The highest BCUT2D eigenvalue weighted by molar-refractivity contribution is 5.01. The fourth-order valence-corrected chi connectivity index (χ4v) is 1.66. The van der Waals surface area contributed by atoms with Crippen molar-refractivity contribution in [3.8, 4) is 0 Å². The summed E-state index contributed by atoms with van der Waals surface area (Å²) in [6, 6.07) is 0. The molecule has 0 bridgehead atoms. The molecule has 1 aromatic heterocycles. The number of aromatic nitrogens is 3. The minimum absolute atomic E-state index is 0.0364. The third kappa shape index (κ3) is 2.89. The van der Waals surface area contributed by atoms with Crippen LogP contribution in [0.2, 0.25) is 0 Å². The zero-order valence-corrected chi connectivity index (χ0v) is 9.82. The molecule has 0 spiro atoms. The van der Waals surface area contributed by atoms with E-state index >= 15 is 0 Å². The van der Waals surface area contributed by atoms with Crippen molar-refractivity contribution in [1.82, 2.24) is 20.1 Å². The molecule has 4 heteroatoms. The van der Waals surface area contributed by atoms with Gasteiger partial charge in [0.25, 0.3) is 0 Å². The molecule has 84 valence electrons. The Morgan fingerprint density at radius 3 is 2.93 bits per heavy atom. The van der Waals surface area contributed by atoms with Gasteiger partial charge in [-0.05, 0) is 14.0 Å². The molecule has 1 N–H and O–H groups in total. The zero-order chi connectivity index (χ0) is 11.3. The lowest BCUT2D eigenvalue weighted by Gasteiger charge is -2.24. The molecule has 0 fully saturated rings. The minimum Gasteiger partial charge on any atom is -0.319 e. The molecule has 1 aromatic rings. The first-order chi connectivity index (χ1) is 7.15. The average molecular weight is 208 g/mol. The standard InChI is InChI=1S/C11H20N4/c1-5-11(3,8-12-4)7-10-13-9-14-15(10)6-2/h5,9,12H,1,6-8H2,2-4H3. The Bertz CT molecular complexity index is 318. The molecule has 0 aromatic carbocycles. The summed E-state index contributed by atoms with van der Waals surface area (Å²) in [6.07, 6.45) is 4.46. The Hall–Kier alpha value is -1.16. The second kappa shape index (κ2) is 5.07. The van der Waals surface area contributed by atoms with Gasteiger partial charge in [0.1, 0.15) is 12.2 Å². The lowest BCUT2D eigenvalue weighted by Crippen LogP contribution is -2.31. The van der Waals surface area contributed by atoms with E-state index in [4.69, 9.17) is 0 Å². The van der Waals surface area contributed by atoms with Crippen molar-refractivity contribution in [2.24, 2.45) is 5.41 Å². The van der Waals surface area contributed by atoms with Crippen LogP contribution in [-0.2, 0) is 13.0 Å². The summed E-state index contributed by atoms with van der Waals surface area (Å²) in [7, 11) is 1.95. The number of hydrogen-bond acceptors (Lipinski definition) is 3. The predicted molar refractivity (Wildman–Crippen MR) is 61.6 cm³/mol. The Morgan fingerprint density at radius 1 is 1.67 bits per heavy atom. The van der Waals surface area contributed by atoms with Crippen LogP contribution in [0.15, 0.2) is 19.0 Å². The van der Waals surface area contributed by atoms with Crippen molar-refractivity contribution in [2.75, 3.05) is 13.6 Å². The number of nitrogens with one attached hydrogen (secondary N) is 1. The van der Waals surface area contributed by atoms with Crippen LogP contribution in [-0.4, -0.2) is 28.4 Å². The summed E-state index contributed by atoms with van der Waals surface area (Å²) in [4.78, 5) is 4.28. The van der Waals surface area contributed by atoms with Gasteiger partial charge in [-0.1, -0.05) is 13.0 Å². The van der Waals surface area contributed by atoms with Gasteiger partial charge in [-0.2, -0.15) is 5.10 Å². The first-order valence-corrected chi connectivity index (χ1v) is 5.30. The number of hydrogen-bond donors (Lipinski definition) is 1. The molecule has 1 rings (SSSR count). The van der Waals surface area contributed by atoms with Gasteiger partial charge in [-0.25, -0.2) is 4.98 Å². The van der Waals surface area contributed by atoms with Crippen molar-refractivity contribution >= 4 is 0 Å². The molecular formula is C11H20N4. The molecule has 0 aliphatic rings. The molecule has 0 saturated heterocycles. The maximum absolute atomic E-state index is 4.28. The van der Waals surface area contributed by atoms with E-state index in [1.54, 1.807) is 6.33 Å². The van der Waals surface area contributed by atoms with Crippen molar-refractivity contribution in [2.45, 2.75) is 26.8 Å². The van der Waals surface area contributed by atoms with E-state index in [1.165, 1.54) is 0 Å². The number of nitrogens with zero attached hydrogens (tertiary/aromatic N) is 3. The van der Waals surface area contributed by atoms with E-state index in [-0.39, 0.29) is 5.41 Å². The normalized spacial score (nSPS) is 14.9. The van der Waals surface area contributed by atoms with Crippen molar-refractivity contribution in [3.05, 3.63) is 24.8 Å². The maximum Gasteiger partial charge on any atom is 0.138 e. The van der Waals surface area contributed by atoms with E-state index in [1.807, 2.05) is 17.8 Å². The fourth-order valence-electron chi connectivity index (χ4n) is 1.66. The van der Waals surface area contributed by atoms with Gasteiger partial charge in [-0.3, -0.25) is 4.68 Å². The Morgan fingerprint density at radius 2 is 2.40 bits per heavy atom. The van der Waals surface area contributed by atoms with Crippen LogP contribution in [0.3, 0.4) is 0 Å². The van der Waals surface area contributed by atoms with Gasteiger partial charge in [-0.15, -0.1) is 6.58 Å². The summed E-state index contributed by atoms with van der Waals surface area (Å²) < 4.78 is 1.93.